The Morgan fingerprint density at radius 2 is 1.85 bits per heavy atom. The lowest BCUT2D eigenvalue weighted by Gasteiger charge is -2.24. The molecule has 2 aromatic carbocycles. The van der Waals surface area contributed by atoms with E-state index in [2.05, 4.69) is 5.32 Å². The molecule has 0 bridgehead atoms. The molecule has 7 heteroatoms. The minimum absolute atomic E-state index is 0.210. The van der Waals surface area contributed by atoms with Crippen LogP contribution in [0.15, 0.2) is 47.4 Å². The molecule has 0 spiro atoms. The van der Waals surface area contributed by atoms with Crippen molar-refractivity contribution in [2.75, 3.05) is 11.9 Å². The summed E-state index contributed by atoms with van der Waals surface area (Å²) in [5, 5.41) is 3.38. The van der Waals surface area contributed by atoms with Crippen LogP contribution in [-0.2, 0) is 14.8 Å². The van der Waals surface area contributed by atoms with Gasteiger partial charge in [-0.25, -0.2) is 8.42 Å². The lowest BCUT2D eigenvalue weighted by atomic mass is 10.1. The first-order chi connectivity index (χ1) is 12.3. The van der Waals surface area contributed by atoms with Gasteiger partial charge in [0.1, 0.15) is 6.04 Å². The SMILES string of the molecule is Cc1ccc(S(=O)(=O)N2CCC[C@H]2C(=O)Nc2cccc(Cl)c2C)cc1. The molecule has 1 atom stereocenters. The van der Waals surface area contributed by atoms with E-state index in [-0.39, 0.29) is 10.8 Å². The third kappa shape index (κ3) is 3.63. The van der Waals surface area contributed by atoms with Crippen LogP contribution >= 0.6 is 11.6 Å². The maximum atomic E-state index is 13.0. The second kappa shape index (κ2) is 7.39. The number of benzene rings is 2. The Kier molecular flexibility index (Phi) is 5.37. The van der Waals surface area contributed by atoms with Gasteiger partial charge < -0.3 is 5.32 Å². The molecule has 0 aliphatic carbocycles. The molecular weight excluding hydrogens is 372 g/mol. The number of rotatable bonds is 4. The standard InChI is InChI=1S/C19H21ClN2O3S/c1-13-8-10-15(11-9-13)26(24,25)22-12-4-7-18(22)19(23)21-17-6-3-5-16(20)14(17)2/h3,5-6,8-11,18H,4,7,12H2,1-2H3,(H,21,23)/t18-/m0/s1. The van der Waals surface area contributed by atoms with Crippen molar-refractivity contribution in [2.24, 2.45) is 0 Å². The van der Waals surface area contributed by atoms with Gasteiger partial charge in [-0.05, 0) is 56.5 Å². The van der Waals surface area contributed by atoms with Gasteiger partial charge in [0.15, 0.2) is 0 Å². The minimum atomic E-state index is -3.71. The number of hydrogen-bond donors (Lipinski definition) is 1. The first-order valence-electron chi connectivity index (χ1n) is 8.45. The van der Waals surface area contributed by atoms with Gasteiger partial charge in [-0.15, -0.1) is 0 Å². The molecule has 0 saturated carbocycles. The highest BCUT2D eigenvalue weighted by Gasteiger charge is 2.39. The summed E-state index contributed by atoms with van der Waals surface area (Å²) in [4.78, 5) is 13.0. The number of carbonyl (C=O) groups is 1. The molecule has 138 valence electrons. The fourth-order valence-corrected chi connectivity index (χ4v) is 4.93. The average Bonchev–Trinajstić information content (AvgIpc) is 3.10. The molecule has 1 aliphatic heterocycles. The van der Waals surface area contributed by atoms with E-state index in [9.17, 15) is 13.2 Å². The van der Waals surface area contributed by atoms with E-state index in [0.29, 0.717) is 30.1 Å². The largest absolute Gasteiger partial charge is 0.324 e. The summed E-state index contributed by atoms with van der Waals surface area (Å²) in [6.07, 6.45) is 1.15. The van der Waals surface area contributed by atoms with Crippen LogP contribution in [0.25, 0.3) is 0 Å². The number of anilines is 1. The van der Waals surface area contributed by atoms with Crippen molar-refractivity contribution in [2.45, 2.75) is 37.6 Å². The molecule has 1 amide bonds. The van der Waals surface area contributed by atoms with E-state index >= 15 is 0 Å². The third-order valence-electron chi connectivity index (χ3n) is 4.66. The minimum Gasteiger partial charge on any atom is -0.324 e. The molecule has 26 heavy (non-hydrogen) atoms. The fraction of sp³-hybridized carbons (Fsp3) is 0.316. The highest BCUT2D eigenvalue weighted by atomic mass is 35.5. The van der Waals surface area contributed by atoms with Crippen LogP contribution < -0.4 is 5.32 Å². The fourth-order valence-electron chi connectivity index (χ4n) is 3.09. The smallest absolute Gasteiger partial charge is 0.243 e. The van der Waals surface area contributed by atoms with E-state index in [4.69, 9.17) is 11.6 Å². The van der Waals surface area contributed by atoms with Crippen LogP contribution in [-0.4, -0.2) is 31.2 Å². The molecule has 1 fully saturated rings. The Balaban J connectivity index is 1.84. The van der Waals surface area contributed by atoms with Gasteiger partial charge in [-0.1, -0.05) is 35.4 Å². The summed E-state index contributed by atoms with van der Waals surface area (Å²) in [5.41, 5.74) is 2.34. The van der Waals surface area contributed by atoms with Gasteiger partial charge in [-0.2, -0.15) is 4.31 Å². The van der Waals surface area contributed by atoms with E-state index in [1.54, 1.807) is 42.5 Å². The van der Waals surface area contributed by atoms with Gasteiger partial charge in [0.2, 0.25) is 15.9 Å². The zero-order valence-corrected chi connectivity index (χ0v) is 16.3. The number of amides is 1. The first kappa shape index (κ1) is 18.9. The van der Waals surface area contributed by atoms with Crippen molar-refractivity contribution in [3.63, 3.8) is 0 Å². The molecule has 3 rings (SSSR count). The average molecular weight is 393 g/mol. The van der Waals surface area contributed by atoms with Crippen LogP contribution in [0.3, 0.4) is 0 Å². The van der Waals surface area contributed by atoms with Gasteiger partial charge in [0.05, 0.1) is 4.90 Å². The van der Waals surface area contributed by atoms with Crippen molar-refractivity contribution < 1.29 is 13.2 Å². The van der Waals surface area contributed by atoms with E-state index in [1.807, 2.05) is 13.8 Å². The van der Waals surface area contributed by atoms with Crippen molar-refractivity contribution in [3.8, 4) is 0 Å². The van der Waals surface area contributed by atoms with Crippen LogP contribution in [0.5, 0.6) is 0 Å². The summed E-state index contributed by atoms with van der Waals surface area (Å²) in [6, 6.07) is 11.2. The second-order valence-corrected chi connectivity index (χ2v) is 8.79. The molecule has 2 aromatic rings. The number of nitrogens with one attached hydrogen (secondary N) is 1. The lowest BCUT2D eigenvalue weighted by molar-refractivity contribution is -0.119. The monoisotopic (exact) mass is 392 g/mol. The van der Waals surface area contributed by atoms with Crippen LogP contribution in [0.4, 0.5) is 5.69 Å². The maximum absolute atomic E-state index is 13.0. The molecule has 0 radical (unpaired) electrons. The van der Waals surface area contributed by atoms with Crippen molar-refractivity contribution in [3.05, 3.63) is 58.6 Å². The molecular formula is C19H21ClN2O3S. The number of nitrogens with zero attached hydrogens (tertiary/aromatic N) is 1. The second-order valence-electron chi connectivity index (χ2n) is 6.49. The summed E-state index contributed by atoms with van der Waals surface area (Å²) in [5.74, 6) is -0.330. The summed E-state index contributed by atoms with van der Waals surface area (Å²) >= 11 is 6.09. The molecule has 1 N–H and O–H groups in total. The van der Waals surface area contributed by atoms with Crippen LogP contribution in [0.2, 0.25) is 5.02 Å². The van der Waals surface area contributed by atoms with Crippen LogP contribution in [0.1, 0.15) is 24.0 Å². The van der Waals surface area contributed by atoms with Gasteiger partial charge in [-0.3, -0.25) is 4.79 Å². The Morgan fingerprint density at radius 1 is 1.15 bits per heavy atom. The molecule has 1 heterocycles. The number of aryl methyl sites for hydroxylation is 1. The summed E-state index contributed by atoms with van der Waals surface area (Å²) in [7, 11) is -3.71. The van der Waals surface area contributed by atoms with Gasteiger partial charge in [0, 0.05) is 17.3 Å². The number of sulfonamides is 1. The van der Waals surface area contributed by atoms with Gasteiger partial charge >= 0.3 is 0 Å². The van der Waals surface area contributed by atoms with Crippen molar-refractivity contribution in [1.82, 2.24) is 4.31 Å². The Labute approximate surface area is 159 Å². The van der Waals surface area contributed by atoms with Crippen LogP contribution in [0, 0.1) is 13.8 Å². The predicted molar refractivity (Wildman–Crippen MR) is 103 cm³/mol. The maximum Gasteiger partial charge on any atom is 0.243 e. The Hall–Kier alpha value is -1.89. The normalized spacial score (nSPS) is 18.0. The van der Waals surface area contributed by atoms with Crippen molar-refractivity contribution >= 4 is 33.2 Å². The zero-order valence-electron chi connectivity index (χ0n) is 14.7. The Bertz CT molecular complexity index is 926. The number of carbonyl (C=O) groups excluding carboxylic acids is 1. The summed E-state index contributed by atoms with van der Waals surface area (Å²) in [6.45, 7) is 4.05. The molecule has 0 aromatic heterocycles. The topological polar surface area (TPSA) is 66.5 Å². The summed E-state index contributed by atoms with van der Waals surface area (Å²) < 4.78 is 27.2. The molecule has 1 saturated heterocycles. The molecule has 0 unspecified atom stereocenters. The zero-order chi connectivity index (χ0) is 18.9. The first-order valence-corrected chi connectivity index (χ1v) is 10.3. The van der Waals surface area contributed by atoms with E-state index < -0.39 is 16.1 Å². The molecule has 1 aliphatic rings. The van der Waals surface area contributed by atoms with E-state index in [1.165, 1.54) is 4.31 Å². The number of hydrogen-bond acceptors (Lipinski definition) is 3. The third-order valence-corrected chi connectivity index (χ3v) is 6.99. The predicted octanol–water partition coefficient (Wildman–Crippen LogP) is 3.75. The van der Waals surface area contributed by atoms with Crippen molar-refractivity contribution in [1.29, 1.82) is 0 Å². The Morgan fingerprint density at radius 3 is 2.54 bits per heavy atom. The highest BCUT2D eigenvalue weighted by Crippen LogP contribution is 2.28. The molecule has 5 nitrogen and oxygen atoms in total. The quantitative estimate of drug-likeness (QED) is 0.861. The lowest BCUT2D eigenvalue weighted by Crippen LogP contribution is -2.43. The highest BCUT2D eigenvalue weighted by molar-refractivity contribution is 7.89. The number of halogens is 1. The van der Waals surface area contributed by atoms with E-state index in [0.717, 1.165) is 11.1 Å². The van der Waals surface area contributed by atoms with Gasteiger partial charge in [0.25, 0.3) is 0 Å².